The van der Waals surface area contributed by atoms with Crippen LogP contribution in [0.15, 0.2) is 29.0 Å². The van der Waals surface area contributed by atoms with E-state index in [-0.39, 0.29) is 0 Å². The molecule has 0 unspecified atom stereocenters. The number of aryl methyl sites for hydroxylation is 1. The molecule has 5 heteroatoms. The number of hydrogen-bond donors (Lipinski definition) is 2. The van der Waals surface area contributed by atoms with Gasteiger partial charge in [0.2, 0.25) is 5.88 Å². The quantitative estimate of drug-likeness (QED) is 0.725. The highest BCUT2D eigenvalue weighted by Crippen LogP contribution is 2.35. The molecule has 92 valence electrons. The second-order valence-electron chi connectivity index (χ2n) is 4.18. The van der Waals surface area contributed by atoms with Crippen LogP contribution in [-0.2, 0) is 0 Å². The van der Waals surface area contributed by atoms with Crippen molar-refractivity contribution in [1.29, 1.82) is 0 Å². The Morgan fingerprint density at radius 3 is 2.89 bits per heavy atom. The van der Waals surface area contributed by atoms with Crippen molar-refractivity contribution in [3.63, 3.8) is 0 Å². The fourth-order valence-electron chi connectivity index (χ4n) is 2.12. The van der Waals surface area contributed by atoms with E-state index in [1.165, 1.54) is 0 Å². The molecule has 0 bridgehead atoms. The molecule has 1 aromatic carbocycles. The fourth-order valence-corrected chi connectivity index (χ4v) is 2.12. The number of hydrogen-bond acceptors (Lipinski definition) is 4. The lowest BCUT2D eigenvalue weighted by Gasteiger charge is -2.06. The van der Waals surface area contributed by atoms with Gasteiger partial charge in [0.15, 0.2) is 0 Å². The van der Waals surface area contributed by atoms with Crippen LogP contribution < -0.4 is 10.5 Å². The fraction of sp³-hybridized carbons (Fsp3) is 0.154. The molecule has 0 aliphatic rings. The highest BCUT2D eigenvalue weighted by Gasteiger charge is 2.13. The molecule has 0 aliphatic carbocycles. The van der Waals surface area contributed by atoms with Gasteiger partial charge in [-0.15, -0.1) is 0 Å². The van der Waals surface area contributed by atoms with Crippen LogP contribution in [-0.4, -0.2) is 17.3 Å². The van der Waals surface area contributed by atoms with Gasteiger partial charge in [0.25, 0.3) is 0 Å². The predicted octanol–water partition coefficient (Wildman–Crippen LogP) is 2.72. The molecular formula is C13H13N3O2. The van der Waals surface area contributed by atoms with E-state index >= 15 is 0 Å². The summed E-state index contributed by atoms with van der Waals surface area (Å²) in [6, 6.07) is 3.97. The Labute approximate surface area is 104 Å². The van der Waals surface area contributed by atoms with Gasteiger partial charge < -0.3 is 20.0 Å². The Morgan fingerprint density at radius 1 is 1.39 bits per heavy atom. The first-order valence-electron chi connectivity index (χ1n) is 5.57. The third kappa shape index (κ3) is 1.44. The summed E-state index contributed by atoms with van der Waals surface area (Å²) in [4.78, 5) is 3.20. The van der Waals surface area contributed by atoms with Gasteiger partial charge >= 0.3 is 0 Å². The van der Waals surface area contributed by atoms with Crippen LogP contribution in [0.1, 0.15) is 5.56 Å². The molecule has 0 saturated heterocycles. The highest BCUT2D eigenvalue weighted by atomic mass is 16.5. The van der Waals surface area contributed by atoms with Gasteiger partial charge in [-0.3, -0.25) is 0 Å². The van der Waals surface area contributed by atoms with Gasteiger partial charge in [-0.05, 0) is 30.2 Å². The van der Waals surface area contributed by atoms with Gasteiger partial charge in [-0.2, -0.15) is 0 Å². The van der Waals surface area contributed by atoms with Crippen LogP contribution in [0.3, 0.4) is 0 Å². The first kappa shape index (κ1) is 10.7. The molecule has 0 fully saturated rings. The standard InChI is InChI=1S/C13H13N3O2/c1-7-5-15-12-9(7)3-8(4-11(12)17-2)10-6-16-18-13(10)14/h3-6,15H,14H2,1-2H3. The average molecular weight is 243 g/mol. The van der Waals surface area contributed by atoms with Crippen LogP contribution in [0, 0.1) is 6.92 Å². The normalized spacial score (nSPS) is 11.0. The van der Waals surface area contributed by atoms with E-state index in [2.05, 4.69) is 10.1 Å². The SMILES string of the molecule is COc1cc(-c2cnoc2N)cc2c(C)c[nH]c12. The zero-order valence-corrected chi connectivity index (χ0v) is 10.2. The molecule has 18 heavy (non-hydrogen) atoms. The van der Waals surface area contributed by atoms with Crippen LogP contribution >= 0.6 is 0 Å². The van der Waals surface area contributed by atoms with Crippen LogP contribution in [0.4, 0.5) is 5.88 Å². The van der Waals surface area contributed by atoms with E-state index in [0.29, 0.717) is 5.88 Å². The zero-order chi connectivity index (χ0) is 12.7. The molecule has 0 spiro atoms. The molecule has 0 radical (unpaired) electrons. The van der Waals surface area contributed by atoms with E-state index in [4.69, 9.17) is 15.0 Å². The Bertz CT molecular complexity index is 712. The number of nitrogens with zero attached hydrogens (tertiary/aromatic N) is 1. The van der Waals surface area contributed by atoms with E-state index in [1.54, 1.807) is 13.3 Å². The van der Waals surface area contributed by atoms with Gasteiger partial charge in [0.05, 0.1) is 24.4 Å². The van der Waals surface area contributed by atoms with Crippen molar-refractivity contribution in [2.45, 2.75) is 6.92 Å². The Balaban J connectivity index is 2.31. The second kappa shape index (κ2) is 3.80. The number of rotatable bonds is 2. The Kier molecular flexibility index (Phi) is 2.26. The van der Waals surface area contributed by atoms with Crippen molar-refractivity contribution in [3.05, 3.63) is 30.1 Å². The smallest absolute Gasteiger partial charge is 0.229 e. The van der Waals surface area contributed by atoms with E-state index < -0.39 is 0 Å². The van der Waals surface area contributed by atoms with E-state index in [0.717, 1.165) is 33.3 Å². The largest absolute Gasteiger partial charge is 0.495 e. The number of nitrogens with two attached hydrogens (primary N) is 1. The summed E-state index contributed by atoms with van der Waals surface area (Å²) in [6.07, 6.45) is 3.56. The number of ether oxygens (including phenoxy) is 1. The third-order valence-electron chi connectivity index (χ3n) is 3.09. The number of fused-ring (bicyclic) bond motifs is 1. The summed E-state index contributed by atoms with van der Waals surface area (Å²) in [5, 5.41) is 4.80. The van der Waals surface area contributed by atoms with Gasteiger partial charge in [-0.1, -0.05) is 5.16 Å². The van der Waals surface area contributed by atoms with Crippen molar-refractivity contribution in [3.8, 4) is 16.9 Å². The summed E-state index contributed by atoms with van der Waals surface area (Å²) in [5.74, 6) is 1.08. The number of aromatic amines is 1. The van der Waals surface area contributed by atoms with Crippen LogP contribution in [0.2, 0.25) is 0 Å². The Morgan fingerprint density at radius 2 is 2.22 bits per heavy atom. The van der Waals surface area contributed by atoms with E-state index in [9.17, 15) is 0 Å². The molecule has 3 aromatic rings. The topological polar surface area (TPSA) is 77.1 Å². The van der Waals surface area contributed by atoms with Crippen molar-refractivity contribution < 1.29 is 9.26 Å². The maximum Gasteiger partial charge on any atom is 0.229 e. The lowest BCUT2D eigenvalue weighted by atomic mass is 10.0. The molecule has 2 heterocycles. The van der Waals surface area contributed by atoms with E-state index in [1.807, 2.05) is 25.3 Å². The maximum absolute atomic E-state index is 5.74. The monoisotopic (exact) mass is 243 g/mol. The van der Waals surface area contributed by atoms with Gasteiger partial charge in [0.1, 0.15) is 5.75 Å². The number of aromatic nitrogens is 2. The molecule has 3 rings (SSSR count). The molecule has 0 amide bonds. The summed E-state index contributed by atoms with van der Waals surface area (Å²) < 4.78 is 10.3. The number of nitrogens with one attached hydrogen (secondary N) is 1. The number of benzene rings is 1. The minimum Gasteiger partial charge on any atom is -0.495 e. The lowest BCUT2D eigenvalue weighted by molar-refractivity contribution is 0.419. The summed E-state index contributed by atoms with van der Waals surface area (Å²) >= 11 is 0. The molecule has 2 aromatic heterocycles. The van der Waals surface area contributed by atoms with Crippen LogP contribution in [0.5, 0.6) is 5.75 Å². The minimum atomic E-state index is 0.310. The lowest BCUT2D eigenvalue weighted by Crippen LogP contribution is -1.89. The average Bonchev–Trinajstić information content (AvgIpc) is 2.95. The molecule has 0 saturated carbocycles. The summed E-state index contributed by atoms with van der Waals surface area (Å²) in [6.45, 7) is 2.04. The third-order valence-corrected chi connectivity index (χ3v) is 3.09. The molecule has 0 aliphatic heterocycles. The van der Waals surface area contributed by atoms with Crippen molar-refractivity contribution >= 4 is 16.8 Å². The second-order valence-corrected chi connectivity index (χ2v) is 4.18. The van der Waals surface area contributed by atoms with Crippen molar-refractivity contribution in [1.82, 2.24) is 10.1 Å². The molecule has 0 atom stereocenters. The van der Waals surface area contributed by atoms with Gasteiger partial charge in [0, 0.05) is 11.6 Å². The highest BCUT2D eigenvalue weighted by molar-refractivity contribution is 5.93. The first-order chi connectivity index (χ1) is 8.70. The Hall–Kier alpha value is -2.43. The van der Waals surface area contributed by atoms with Crippen LogP contribution in [0.25, 0.3) is 22.0 Å². The molecule has 5 nitrogen and oxygen atoms in total. The number of anilines is 1. The maximum atomic E-state index is 5.74. The van der Waals surface area contributed by atoms with Gasteiger partial charge in [-0.25, -0.2) is 0 Å². The first-order valence-corrected chi connectivity index (χ1v) is 5.57. The molecule has 3 N–H and O–H groups in total. The van der Waals surface area contributed by atoms with Crippen molar-refractivity contribution in [2.75, 3.05) is 12.8 Å². The minimum absolute atomic E-state index is 0.310. The predicted molar refractivity (Wildman–Crippen MR) is 69.5 cm³/mol. The van der Waals surface area contributed by atoms with Crippen molar-refractivity contribution in [2.24, 2.45) is 0 Å². The number of methoxy groups -OCH3 is 1. The summed E-state index contributed by atoms with van der Waals surface area (Å²) in [7, 11) is 1.64. The zero-order valence-electron chi connectivity index (χ0n) is 10.2. The summed E-state index contributed by atoms with van der Waals surface area (Å²) in [5.41, 5.74) is 9.58. The number of H-pyrrole nitrogens is 1. The number of nitrogen functional groups attached to an aromatic ring is 1. The molecular weight excluding hydrogens is 230 g/mol.